The molecule has 0 spiro atoms. The lowest BCUT2D eigenvalue weighted by atomic mass is 9.45. The van der Waals surface area contributed by atoms with Crippen LogP contribution in [0.3, 0.4) is 0 Å². The van der Waals surface area contributed by atoms with Crippen LogP contribution in [0, 0.1) is 22.7 Å². The lowest BCUT2D eigenvalue weighted by Gasteiger charge is -2.65. The number of amides is 3. The van der Waals surface area contributed by atoms with Crippen LogP contribution < -0.4 is 16.0 Å². The van der Waals surface area contributed by atoms with Crippen LogP contribution in [0.2, 0.25) is 0 Å². The van der Waals surface area contributed by atoms with Crippen LogP contribution in [0.1, 0.15) is 33.6 Å². The van der Waals surface area contributed by atoms with Crippen molar-refractivity contribution in [1.29, 1.82) is 0 Å². The third-order valence-electron chi connectivity index (χ3n) is 7.42. The van der Waals surface area contributed by atoms with Gasteiger partial charge in [0.15, 0.2) is 0 Å². The molecule has 8 nitrogen and oxygen atoms in total. The number of nitrogens with zero attached hydrogens (tertiary/aromatic N) is 1. The summed E-state index contributed by atoms with van der Waals surface area (Å²) in [7, 11) is 0. The lowest BCUT2D eigenvalue weighted by Crippen LogP contribution is -2.77. The van der Waals surface area contributed by atoms with Crippen molar-refractivity contribution in [3.8, 4) is 0 Å². The van der Waals surface area contributed by atoms with E-state index in [1.165, 1.54) is 5.06 Å². The Morgan fingerprint density at radius 2 is 1.97 bits per heavy atom. The fraction of sp³-hybridized carbons (Fsp3) is 0.667. The number of piperazine rings is 1. The average molecular weight is 402 g/mol. The largest absolute Gasteiger partial charge is 0.352 e. The van der Waals surface area contributed by atoms with E-state index in [-0.39, 0.29) is 30.1 Å². The smallest absolute Gasteiger partial charge is 0.247 e. The fourth-order valence-electron chi connectivity index (χ4n) is 6.25. The molecule has 29 heavy (non-hydrogen) atoms. The number of nitrogens with one attached hydrogen (secondary N) is 3. The van der Waals surface area contributed by atoms with E-state index in [2.05, 4.69) is 36.7 Å². The minimum absolute atomic E-state index is 0.131. The Morgan fingerprint density at radius 3 is 2.62 bits per heavy atom. The molecule has 4 rings (SSSR count). The predicted molar refractivity (Wildman–Crippen MR) is 106 cm³/mol. The van der Waals surface area contributed by atoms with Crippen LogP contribution in [0.25, 0.3) is 0 Å². The van der Waals surface area contributed by atoms with E-state index in [0.717, 1.165) is 0 Å². The molecular formula is C21H30N4O4. The van der Waals surface area contributed by atoms with Crippen molar-refractivity contribution in [3.63, 3.8) is 0 Å². The number of imide groups is 1. The van der Waals surface area contributed by atoms with E-state index in [4.69, 9.17) is 0 Å². The van der Waals surface area contributed by atoms with E-state index in [1.54, 1.807) is 0 Å². The normalized spacial score (nSPS) is 38.3. The summed E-state index contributed by atoms with van der Waals surface area (Å²) in [5.74, 6) is -1.56. The summed E-state index contributed by atoms with van der Waals surface area (Å²) in [6, 6.07) is 0. The first-order chi connectivity index (χ1) is 13.6. The second-order valence-corrected chi connectivity index (χ2v) is 9.59. The number of carbonyl (C=O) groups is 3. The van der Waals surface area contributed by atoms with Gasteiger partial charge in [0.1, 0.15) is 0 Å². The third kappa shape index (κ3) is 2.65. The first-order valence-corrected chi connectivity index (χ1v) is 10.3. The van der Waals surface area contributed by atoms with Gasteiger partial charge < -0.3 is 15.8 Å². The Balaban J connectivity index is 1.97. The van der Waals surface area contributed by atoms with Crippen molar-refractivity contribution in [2.75, 3.05) is 26.2 Å². The van der Waals surface area contributed by atoms with Gasteiger partial charge in [-0.25, -0.2) is 0 Å². The summed E-state index contributed by atoms with van der Waals surface area (Å²) in [6.07, 6.45) is 6.31. The third-order valence-corrected chi connectivity index (χ3v) is 7.42. The molecular weight excluding hydrogens is 372 g/mol. The molecule has 8 heteroatoms. The van der Waals surface area contributed by atoms with Gasteiger partial charge in [0, 0.05) is 49.5 Å². The molecule has 4 N–H and O–H groups in total. The molecule has 3 amide bonds. The molecule has 158 valence electrons. The Bertz CT molecular complexity index is 814. The SMILES string of the molecule is CC(C)(C)C1(C2(C3CCC(=O)NC3=O)C=CC=C3C(=O)NCC32)CNCCN1O. The van der Waals surface area contributed by atoms with Crippen LogP contribution in [-0.4, -0.2) is 59.7 Å². The zero-order valence-corrected chi connectivity index (χ0v) is 17.2. The number of carbonyl (C=O) groups excluding carboxylic acids is 3. The molecule has 4 atom stereocenters. The molecule has 1 aliphatic carbocycles. The summed E-state index contributed by atoms with van der Waals surface area (Å²) in [4.78, 5) is 37.7. The van der Waals surface area contributed by atoms with Crippen molar-refractivity contribution < 1.29 is 19.6 Å². The molecule has 4 unspecified atom stereocenters. The maximum atomic E-state index is 13.2. The molecule has 0 saturated carbocycles. The van der Waals surface area contributed by atoms with Gasteiger partial charge in [0.25, 0.3) is 0 Å². The molecule has 3 saturated heterocycles. The number of hydroxylamine groups is 2. The van der Waals surface area contributed by atoms with Crippen molar-refractivity contribution in [2.45, 2.75) is 39.2 Å². The molecule has 0 aromatic rings. The summed E-state index contributed by atoms with van der Waals surface area (Å²) < 4.78 is 0. The number of rotatable bonds is 2. The minimum atomic E-state index is -0.874. The summed E-state index contributed by atoms with van der Waals surface area (Å²) in [6.45, 7) is 8.10. The summed E-state index contributed by atoms with van der Waals surface area (Å²) in [5, 5.41) is 21.6. The molecule has 4 aliphatic rings. The molecule has 3 fully saturated rings. The van der Waals surface area contributed by atoms with Gasteiger partial charge in [0.2, 0.25) is 17.7 Å². The summed E-state index contributed by atoms with van der Waals surface area (Å²) in [5.41, 5.74) is -1.55. The molecule has 3 aliphatic heterocycles. The molecule has 3 heterocycles. The van der Waals surface area contributed by atoms with Gasteiger partial charge in [-0.3, -0.25) is 19.7 Å². The first-order valence-electron chi connectivity index (χ1n) is 10.3. The Hall–Kier alpha value is -2.03. The highest BCUT2D eigenvalue weighted by molar-refractivity contribution is 6.00. The highest BCUT2D eigenvalue weighted by Gasteiger charge is 2.69. The van der Waals surface area contributed by atoms with Gasteiger partial charge in [0.05, 0.1) is 11.5 Å². The Kier molecular flexibility index (Phi) is 4.72. The van der Waals surface area contributed by atoms with E-state index < -0.39 is 22.3 Å². The van der Waals surface area contributed by atoms with E-state index in [0.29, 0.717) is 38.2 Å². The number of allylic oxidation sites excluding steroid dienone is 2. The van der Waals surface area contributed by atoms with Gasteiger partial charge in [-0.05, 0) is 11.8 Å². The maximum absolute atomic E-state index is 13.2. The number of hydrogen-bond donors (Lipinski definition) is 4. The van der Waals surface area contributed by atoms with E-state index in [9.17, 15) is 19.6 Å². The van der Waals surface area contributed by atoms with E-state index in [1.807, 2.05) is 18.2 Å². The highest BCUT2D eigenvalue weighted by Crippen LogP contribution is 2.61. The van der Waals surface area contributed by atoms with Crippen LogP contribution in [0.4, 0.5) is 0 Å². The van der Waals surface area contributed by atoms with Crippen molar-refractivity contribution >= 4 is 17.7 Å². The van der Waals surface area contributed by atoms with Crippen LogP contribution in [-0.2, 0) is 14.4 Å². The summed E-state index contributed by atoms with van der Waals surface area (Å²) >= 11 is 0. The van der Waals surface area contributed by atoms with Crippen molar-refractivity contribution in [3.05, 3.63) is 23.8 Å². The number of fused-ring (bicyclic) bond motifs is 1. The zero-order chi connectivity index (χ0) is 21.0. The number of hydrogen-bond acceptors (Lipinski definition) is 6. The van der Waals surface area contributed by atoms with Crippen LogP contribution in [0.5, 0.6) is 0 Å². The molecule has 0 radical (unpaired) electrons. The average Bonchev–Trinajstić information content (AvgIpc) is 3.03. The second kappa shape index (κ2) is 6.75. The predicted octanol–water partition coefficient (Wildman–Crippen LogP) is 0.347. The topological polar surface area (TPSA) is 111 Å². The van der Waals surface area contributed by atoms with Gasteiger partial charge in [-0.15, -0.1) is 0 Å². The van der Waals surface area contributed by atoms with E-state index >= 15 is 0 Å². The lowest BCUT2D eigenvalue weighted by molar-refractivity contribution is -0.269. The second-order valence-electron chi connectivity index (χ2n) is 9.59. The standard InChI is InChI=1S/C21H30N4O4/c1-19(2,3)21(12-22-9-10-25(21)29)20(14-6-7-16(26)24-18(14)28)8-4-5-13-15(20)11-23-17(13)27/h4-5,8,14-15,22,29H,6-7,9-12H2,1-3H3,(H,23,27)(H,24,26,28). The van der Waals surface area contributed by atoms with Crippen LogP contribution in [0.15, 0.2) is 23.8 Å². The van der Waals surface area contributed by atoms with Gasteiger partial charge in [-0.1, -0.05) is 39.0 Å². The highest BCUT2D eigenvalue weighted by atomic mass is 16.5. The van der Waals surface area contributed by atoms with Crippen molar-refractivity contribution in [2.24, 2.45) is 22.7 Å². The Labute approximate surface area is 170 Å². The van der Waals surface area contributed by atoms with Crippen LogP contribution >= 0.6 is 0 Å². The Morgan fingerprint density at radius 1 is 1.21 bits per heavy atom. The van der Waals surface area contributed by atoms with Gasteiger partial charge >= 0.3 is 0 Å². The van der Waals surface area contributed by atoms with Gasteiger partial charge in [-0.2, -0.15) is 5.06 Å². The maximum Gasteiger partial charge on any atom is 0.247 e. The van der Waals surface area contributed by atoms with Crippen molar-refractivity contribution in [1.82, 2.24) is 21.0 Å². The molecule has 0 aromatic carbocycles. The number of piperidine rings is 1. The zero-order valence-electron chi connectivity index (χ0n) is 17.2. The molecule has 0 aromatic heterocycles. The first kappa shape index (κ1) is 20.3. The monoisotopic (exact) mass is 402 g/mol. The fourth-order valence-corrected chi connectivity index (χ4v) is 6.25. The quantitative estimate of drug-likeness (QED) is 0.496. The minimum Gasteiger partial charge on any atom is -0.352 e. The molecule has 0 bridgehead atoms.